The minimum Gasteiger partial charge on any atom is -0.355 e. The molecule has 5 aromatic rings. The highest BCUT2D eigenvalue weighted by Crippen LogP contribution is 2.26. The maximum Gasteiger partial charge on any atom is 0.274 e. The van der Waals surface area contributed by atoms with Crippen molar-refractivity contribution < 1.29 is 4.79 Å². The van der Waals surface area contributed by atoms with Gasteiger partial charge >= 0.3 is 0 Å². The lowest BCUT2D eigenvalue weighted by atomic mass is 10.1. The molecule has 5 rings (SSSR count). The van der Waals surface area contributed by atoms with Crippen molar-refractivity contribution in [3.05, 3.63) is 109 Å². The maximum atomic E-state index is 12.9. The number of carbonyl (C=O) groups excluding carboxylic acids is 1. The molecule has 0 aliphatic heterocycles. The monoisotopic (exact) mass is 457 g/mol. The van der Waals surface area contributed by atoms with Crippen LogP contribution in [0.3, 0.4) is 0 Å². The lowest BCUT2D eigenvalue weighted by Gasteiger charge is -2.11. The molecule has 8 heteroatoms. The molecule has 0 fully saturated rings. The van der Waals surface area contributed by atoms with Crippen LogP contribution in [0.5, 0.6) is 0 Å². The lowest BCUT2D eigenvalue weighted by molar-refractivity contribution is 0.102. The number of nitrogens with one attached hydrogen (secondary N) is 3. The van der Waals surface area contributed by atoms with Crippen LogP contribution in [0, 0.1) is 11.3 Å². The normalized spacial score (nSPS) is 10.4. The fourth-order valence-electron chi connectivity index (χ4n) is 3.57. The van der Waals surface area contributed by atoms with Crippen LogP contribution in [0.15, 0.2) is 97.5 Å². The number of anilines is 5. The van der Waals surface area contributed by atoms with Gasteiger partial charge in [0.05, 0.1) is 22.8 Å². The summed E-state index contributed by atoms with van der Waals surface area (Å²) < 4.78 is 0. The number of fused-ring (bicyclic) bond motifs is 1. The van der Waals surface area contributed by atoms with Gasteiger partial charge in [0.1, 0.15) is 11.5 Å². The quantitative estimate of drug-likeness (QED) is 0.302. The number of aromatic nitrogens is 3. The van der Waals surface area contributed by atoms with Crippen LogP contribution in [0.2, 0.25) is 0 Å². The van der Waals surface area contributed by atoms with Crippen molar-refractivity contribution >= 4 is 45.4 Å². The molecule has 3 N–H and O–H groups in total. The molecule has 0 spiro atoms. The zero-order valence-corrected chi connectivity index (χ0v) is 18.4. The molecule has 0 radical (unpaired) electrons. The Labute approximate surface area is 201 Å². The summed E-state index contributed by atoms with van der Waals surface area (Å²) in [7, 11) is 0. The molecule has 1 amide bonds. The van der Waals surface area contributed by atoms with Gasteiger partial charge in [-0.1, -0.05) is 12.1 Å². The third-order valence-electron chi connectivity index (χ3n) is 5.20. The van der Waals surface area contributed by atoms with Crippen molar-refractivity contribution in [1.29, 1.82) is 5.26 Å². The van der Waals surface area contributed by atoms with Gasteiger partial charge in [-0.3, -0.25) is 14.8 Å². The Kier molecular flexibility index (Phi) is 5.96. The molecule has 3 heterocycles. The van der Waals surface area contributed by atoms with E-state index in [4.69, 9.17) is 0 Å². The highest BCUT2D eigenvalue weighted by Gasteiger charge is 2.11. The van der Waals surface area contributed by atoms with E-state index in [1.165, 1.54) is 0 Å². The predicted molar refractivity (Wildman–Crippen MR) is 136 cm³/mol. The van der Waals surface area contributed by atoms with Gasteiger partial charge in [-0.05, 0) is 66.7 Å². The molecule has 0 unspecified atom stereocenters. The molecule has 8 nitrogen and oxygen atoms in total. The molecule has 2 aromatic carbocycles. The topological polar surface area (TPSA) is 116 Å². The molecule has 0 atom stereocenters. The third kappa shape index (κ3) is 5.05. The molecule has 0 saturated heterocycles. The number of pyridine rings is 3. The van der Waals surface area contributed by atoms with E-state index in [9.17, 15) is 10.1 Å². The molecule has 3 aromatic heterocycles. The minimum atomic E-state index is -0.332. The molecule has 0 bridgehead atoms. The molecule has 0 saturated carbocycles. The van der Waals surface area contributed by atoms with Crippen molar-refractivity contribution in [2.45, 2.75) is 0 Å². The average molecular weight is 457 g/mol. The first kappa shape index (κ1) is 21.6. The van der Waals surface area contributed by atoms with Crippen LogP contribution in [0.1, 0.15) is 16.1 Å². The highest BCUT2D eigenvalue weighted by molar-refractivity contribution is 6.03. The van der Waals surface area contributed by atoms with Gasteiger partial charge in [0.2, 0.25) is 0 Å². The van der Waals surface area contributed by atoms with Crippen LogP contribution in [0.25, 0.3) is 10.9 Å². The molecule has 0 aliphatic carbocycles. The molecule has 0 aliphatic rings. The number of hydrogen-bond donors (Lipinski definition) is 3. The summed E-state index contributed by atoms with van der Waals surface area (Å²) >= 11 is 0. The Hall–Kier alpha value is -5.29. The van der Waals surface area contributed by atoms with E-state index in [0.29, 0.717) is 17.1 Å². The molecular weight excluding hydrogens is 438 g/mol. The van der Waals surface area contributed by atoms with E-state index in [-0.39, 0.29) is 11.6 Å². The van der Waals surface area contributed by atoms with E-state index < -0.39 is 0 Å². The minimum absolute atomic E-state index is 0.263. The van der Waals surface area contributed by atoms with Crippen molar-refractivity contribution in [2.75, 3.05) is 16.0 Å². The Morgan fingerprint density at radius 1 is 0.800 bits per heavy atom. The summed E-state index contributed by atoms with van der Waals surface area (Å²) in [4.78, 5) is 25.7. The summed E-state index contributed by atoms with van der Waals surface area (Å²) in [5.74, 6) is 0.168. The van der Waals surface area contributed by atoms with Crippen molar-refractivity contribution in [2.24, 2.45) is 0 Å². The van der Waals surface area contributed by atoms with Gasteiger partial charge in [-0.15, -0.1) is 0 Å². The SMILES string of the molecule is N#Cc1ccc2nccc(Nc3cccc(C(=O)Nc4cccc(Nc5ccncc5)c4)n3)c2c1. The average Bonchev–Trinajstić information content (AvgIpc) is 2.89. The Bertz CT molecular complexity index is 1560. The number of hydrogen-bond acceptors (Lipinski definition) is 7. The van der Waals surface area contributed by atoms with E-state index in [2.05, 4.69) is 37.0 Å². The maximum absolute atomic E-state index is 12.9. The number of benzene rings is 2. The van der Waals surface area contributed by atoms with Crippen LogP contribution in [-0.4, -0.2) is 20.9 Å². The van der Waals surface area contributed by atoms with Crippen molar-refractivity contribution in [1.82, 2.24) is 15.0 Å². The zero-order valence-electron chi connectivity index (χ0n) is 18.4. The summed E-state index contributed by atoms with van der Waals surface area (Å²) in [6, 6.07) is 25.6. The largest absolute Gasteiger partial charge is 0.355 e. The Morgan fingerprint density at radius 3 is 2.49 bits per heavy atom. The standard InChI is InChI=1S/C27H19N7O/c28-17-18-7-8-23-22(15-18)24(11-14-30-23)33-26-6-2-5-25(34-26)27(35)32-21-4-1-3-20(16-21)31-19-9-12-29-13-10-19/h1-16H,(H,29,31)(H,32,35)(H,30,33,34). The highest BCUT2D eigenvalue weighted by atomic mass is 16.1. The molecule has 168 valence electrons. The van der Waals surface area contributed by atoms with Crippen molar-refractivity contribution in [3.63, 3.8) is 0 Å². The second-order valence-corrected chi connectivity index (χ2v) is 7.63. The van der Waals surface area contributed by atoms with Gasteiger partial charge in [0.25, 0.3) is 5.91 Å². The smallest absolute Gasteiger partial charge is 0.274 e. The fourth-order valence-corrected chi connectivity index (χ4v) is 3.57. The summed E-state index contributed by atoms with van der Waals surface area (Å²) in [5, 5.41) is 19.4. The number of nitriles is 1. The van der Waals surface area contributed by atoms with E-state index in [1.54, 1.807) is 61.1 Å². The zero-order chi connectivity index (χ0) is 24.0. The number of nitrogens with zero attached hydrogens (tertiary/aromatic N) is 4. The molecule has 35 heavy (non-hydrogen) atoms. The van der Waals surface area contributed by atoms with Gasteiger partial charge in [0, 0.05) is 41.0 Å². The van der Waals surface area contributed by atoms with Crippen LogP contribution >= 0.6 is 0 Å². The summed E-state index contributed by atoms with van der Waals surface area (Å²) in [6.07, 6.45) is 5.09. The van der Waals surface area contributed by atoms with Gasteiger partial charge in [-0.25, -0.2) is 4.98 Å². The first-order chi connectivity index (χ1) is 17.2. The number of rotatable bonds is 6. The van der Waals surface area contributed by atoms with Crippen LogP contribution in [0.4, 0.5) is 28.6 Å². The van der Waals surface area contributed by atoms with E-state index in [1.807, 2.05) is 36.4 Å². The summed E-state index contributed by atoms with van der Waals surface area (Å²) in [6.45, 7) is 0. The first-order valence-electron chi connectivity index (χ1n) is 10.8. The van der Waals surface area contributed by atoms with Gasteiger partial charge < -0.3 is 16.0 Å². The predicted octanol–water partition coefficient (Wildman–Crippen LogP) is 5.64. The van der Waals surface area contributed by atoms with Gasteiger partial charge in [-0.2, -0.15) is 5.26 Å². The summed E-state index contributed by atoms with van der Waals surface area (Å²) in [5.41, 5.74) is 4.66. The van der Waals surface area contributed by atoms with Crippen LogP contribution in [-0.2, 0) is 0 Å². The second kappa shape index (κ2) is 9.68. The Balaban J connectivity index is 1.33. The second-order valence-electron chi connectivity index (χ2n) is 7.63. The van der Waals surface area contributed by atoms with Crippen molar-refractivity contribution in [3.8, 4) is 6.07 Å². The number of carbonyl (C=O) groups is 1. The Morgan fingerprint density at radius 2 is 1.63 bits per heavy atom. The molecular formula is C27H19N7O. The van der Waals surface area contributed by atoms with E-state index in [0.717, 1.165) is 28.0 Å². The van der Waals surface area contributed by atoms with E-state index >= 15 is 0 Å². The third-order valence-corrected chi connectivity index (χ3v) is 5.20. The van der Waals surface area contributed by atoms with Gasteiger partial charge in [0.15, 0.2) is 0 Å². The lowest BCUT2D eigenvalue weighted by Crippen LogP contribution is -2.14. The fraction of sp³-hybridized carbons (Fsp3) is 0. The first-order valence-corrected chi connectivity index (χ1v) is 10.8. The van der Waals surface area contributed by atoms with Crippen LogP contribution < -0.4 is 16.0 Å². The number of amides is 1.